The van der Waals surface area contributed by atoms with E-state index in [1.54, 1.807) is 6.42 Å². The van der Waals surface area contributed by atoms with Gasteiger partial charge in [-0.15, -0.1) is 0 Å². The van der Waals surface area contributed by atoms with Crippen LogP contribution in [0.25, 0.3) is 0 Å². The van der Waals surface area contributed by atoms with Gasteiger partial charge in [0.25, 0.3) is 0 Å². The van der Waals surface area contributed by atoms with Crippen LogP contribution < -0.4 is 5.73 Å². The smallest absolute Gasteiger partial charge is 0.0329 e. The maximum atomic E-state index is 6.83. The van der Waals surface area contributed by atoms with Crippen LogP contribution in [0.5, 0.6) is 0 Å². The second-order valence-electron chi connectivity index (χ2n) is 7.68. The summed E-state index contributed by atoms with van der Waals surface area (Å²) in [5, 5.41) is 0. The van der Waals surface area contributed by atoms with Crippen molar-refractivity contribution in [3.63, 3.8) is 0 Å². The van der Waals surface area contributed by atoms with Crippen LogP contribution >= 0.6 is 0 Å². The minimum atomic E-state index is 0.164. The number of nitrogens with zero attached hydrogens (tertiary/aromatic N) is 1. The first kappa shape index (κ1) is 10.8. The average molecular weight is 234 g/mol. The highest BCUT2D eigenvalue weighted by Crippen LogP contribution is 2.59. The lowest BCUT2D eigenvalue weighted by Crippen LogP contribution is -2.60. The SMILES string of the molecule is CN1CCC(N)(C2C3CC4CC(C3)CC2C4)C1. The predicted molar refractivity (Wildman–Crippen MR) is 69.6 cm³/mol. The quantitative estimate of drug-likeness (QED) is 0.753. The van der Waals surface area contributed by atoms with E-state index < -0.39 is 0 Å². The molecule has 5 aliphatic rings. The van der Waals surface area contributed by atoms with E-state index in [1.807, 2.05) is 0 Å². The molecule has 0 aromatic rings. The molecule has 0 aromatic heterocycles. The van der Waals surface area contributed by atoms with Crippen molar-refractivity contribution >= 4 is 0 Å². The van der Waals surface area contributed by atoms with Crippen molar-refractivity contribution in [1.29, 1.82) is 0 Å². The van der Waals surface area contributed by atoms with Crippen molar-refractivity contribution < 1.29 is 0 Å². The summed E-state index contributed by atoms with van der Waals surface area (Å²) in [5.74, 6) is 5.00. The molecule has 4 bridgehead atoms. The zero-order chi connectivity index (χ0) is 11.6. The summed E-state index contributed by atoms with van der Waals surface area (Å²) in [5.41, 5.74) is 7.00. The molecule has 5 fully saturated rings. The molecule has 96 valence electrons. The van der Waals surface area contributed by atoms with E-state index in [0.29, 0.717) is 0 Å². The topological polar surface area (TPSA) is 29.3 Å². The van der Waals surface area contributed by atoms with Crippen LogP contribution in [0.15, 0.2) is 0 Å². The Kier molecular flexibility index (Phi) is 2.21. The van der Waals surface area contributed by atoms with E-state index in [9.17, 15) is 0 Å². The minimum absolute atomic E-state index is 0.164. The molecule has 4 saturated carbocycles. The lowest BCUT2D eigenvalue weighted by molar-refractivity contribution is -0.0672. The molecule has 17 heavy (non-hydrogen) atoms. The molecular weight excluding hydrogens is 208 g/mol. The fraction of sp³-hybridized carbons (Fsp3) is 1.00. The van der Waals surface area contributed by atoms with E-state index in [-0.39, 0.29) is 5.54 Å². The van der Waals surface area contributed by atoms with Gasteiger partial charge in [0, 0.05) is 12.1 Å². The van der Waals surface area contributed by atoms with Gasteiger partial charge in [0.2, 0.25) is 0 Å². The largest absolute Gasteiger partial charge is 0.324 e. The fourth-order valence-electron chi connectivity index (χ4n) is 6.20. The summed E-state index contributed by atoms with van der Waals surface area (Å²) < 4.78 is 0. The van der Waals surface area contributed by atoms with Gasteiger partial charge in [-0.2, -0.15) is 0 Å². The number of rotatable bonds is 1. The minimum Gasteiger partial charge on any atom is -0.324 e. The molecule has 2 N–H and O–H groups in total. The molecule has 0 radical (unpaired) electrons. The van der Waals surface area contributed by atoms with Crippen LogP contribution in [0.3, 0.4) is 0 Å². The molecular formula is C15H26N2. The van der Waals surface area contributed by atoms with Crippen LogP contribution in [0.2, 0.25) is 0 Å². The molecule has 1 saturated heterocycles. The fourth-order valence-corrected chi connectivity index (χ4v) is 6.20. The summed E-state index contributed by atoms with van der Waals surface area (Å²) in [6.07, 6.45) is 8.86. The van der Waals surface area contributed by atoms with Gasteiger partial charge >= 0.3 is 0 Å². The summed E-state index contributed by atoms with van der Waals surface area (Å²) in [7, 11) is 2.24. The third kappa shape index (κ3) is 1.53. The second-order valence-corrected chi connectivity index (χ2v) is 7.68. The van der Waals surface area contributed by atoms with Gasteiger partial charge in [-0.3, -0.25) is 0 Å². The number of likely N-dealkylation sites (N-methyl/N-ethyl adjacent to an activating group) is 1. The third-order valence-electron chi connectivity index (χ3n) is 6.41. The van der Waals surface area contributed by atoms with Gasteiger partial charge in [0.15, 0.2) is 0 Å². The number of hydrogen-bond donors (Lipinski definition) is 1. The molecule has 2 heteroatoms. The van der Waals surface area contributed by atoms with Gasteiger partial charge < -0.3 is 10.6 Å². The molecule has 0 spiro atoms. The van der Waals surface area contributed by atoms with E-state index >= 15 is 0 Å². The van der Waals surface area contributed by atoms with E-state index in [4.69, 9.17) is 5.73 Å². The van der Waals surface area contributed by atoms with Crippen molar-refractivity contribution in [2.45, 2.75) is 44.1 Å². The van der Waals surface area contributed by atoms with Crippen molar-refractivity contribution in [2.24, 2.45) is 35.3 Å². The first-order valence-electron chi connectivity index (χ1n) is 7.61. The number of hydrogen-bond acceptors (Lipinski definition) is 2. The third-order valence-corrected chi connectivity index (χ3v) is 6.41. The van der Waals surface area contributed by atoms with Gasteiger partial charge in [0.1, 0.15) is 0 Å². The van der Waals surface area contributed by atoms with Crippen molar-refractivity contribution in [1.82, 2.24) is 4.90 Å². The second kappa shape index (κ2) is 3.48. The zero-order valence-corrected chi connectivity index (χ0v) is 11.1. The first-order chi connectivity index (χ1) is 8.14. The van der Waals surface area contributed by atoms with Crippen LogP contribution in [0, 0.1) is 29.6 Å². The van der Waals surface area contributed by atoms with E-state index in [0.717, 1.165) is 36.1 Å². The molecule has 0 aromatic carbocycles. The molecule has 4 aliphatic carbocycles. The monoisotopic (exact) mass is 234 g/mol. The van der Waals surface area contributed by atoms with Gasteiger partial charge in [-0.1, -0.05) is 0 Å². The van der Waals surface area contributed by atoms with Gasteiger partial charge in [-0.25, -0.2) is 0 Å². The maximum Gasteiger partial charge on any atom is 0.0329 e. The summed E-state index contributed by atoms with van der Waals surface area (Å²) >= 11 is 0. The lowest BCUT2D eigenvalue weighted by atomic mass is 9.48. The van der Waals surface area contributed by atoms with Gasteiger partial charge in [0.05, 0.1) is 0 Å². The summed E-state index contributed by atoms with van der Waals surface area (Å²) in [6, 6.07) is 0. The molecule has 5 rings (SSSR count). The van der Waals surface area contributed by atoms with Crippen molar-refractivity contribution in [2.75, 3.05) is 20.1 Å². The maximum absolute atomic E-state index is 6.83. The van der Waals surface area contributed by atoms with E-state index in [2.05, 4.69) is 11.9 Å². The standard InChI is InChI=1S/C15H26N2/c1-17-3-2-15(16,9-17)14-12-5-10-4-11(7-12)8-13(14)6-10/h10-14H,2-9,16H2,1H3. The van der Waals surface area contributed by atoms with Crippen LogP contribution in [-0.4, -0.2) is 30.6 Å². The molecule has 1 atom stereocenters. The first-order valence-corrected chi connectivity index (χ1v) is 7.61. The zero-order valence-electron chi connectivity index (χ0n) is 11.1. The Morgan fingerprint density at radius 3 is 2.06 bits per heavy atom. The molecule has 1 heterocycles. The van der Waals surface area contributed by atoms with Crippen LogP contribution in [0.1, 0.15) is 38.5 Å². The Morgan fingerprint density at radius 1 is 1.00 bits per heavy atom. The van der Waals surface area contributed by atoms with E-state index in [1.165, 1.54) is 38.6 Å². The highest BCUT2D eigenvalue weighted by atomic mass is 15.2. The molecule has 1 unspecified atom stereocenters. The van der Waals surface area contributed by atoms with Crippen LogP contribution in [-0.2, 0) is 0 Å². The molecule has 0 amide bonds. The summed E-state index contributed by atoms with van der Waals surface area (Å²) in [6.45, 7) is 2.37. The number of nitrogens with two attached hydrogens (primary N) is 1. The Balaban J connectivity index is 1.62. The highest BCUT2D eigenvalue weighted by molar-refractivity contribution is 5.09. The van der Waals surface area contributed by atoms with Crippen molar-refractivity contribution in [3.8, 4) is 0 Å². The Bertz CT molecular complexity index is 299. The Morgan fingerprint density at radius 2 is 1.59 bits per heavy atom. The molecule has 1 aliphatic heterocycles. The Hall–Kier alpha value is -0.0800. The molecule has 2 nitrogen and oxygen atoms in total. The summed E-state index contributed by atoms with van der Waals surface area (Å²) in [4.78, 5) is 2.45. The lowest BCUT2D eigenvalue weighted by Gasteiger charge is -2.58. The highest BCUT2D eigenvalue weighted by Gasteiger charge is 2.55. The van der Waals surface area contributed by atoms with Gasteiger partial charge in [-0.05, 0) is 81.7 Å². The normalized spacial score (nSPS) is 57.9. The number of likely N-dealkylation sites (tertiary alicyclic amines) is 1. The predicted octanol–water partition coefficient (Wildman–Crippen LogP) is 2.09. The van der Waals surface area contributed by atoms with Crippen molar-refractivity contribution in [3.05, 3.63) is 0 Å². The average Bonchev–Trinajstić information content (AvgIpc) is 2.57. The van der Waals surface area contributed by atoms with Crippen LogP contribution in [0.4, 0.5) is 0 Å². The Labute approximate surface area is 105 Å².